The van der Waals surface area contributed by atoms with E-state index in [1.165, 1.54) is 5.56 Å². The first-order chi connectivity index (χ1) is 14.3. The van der Waals surface area contributed by atoms with E-state index in [1.54, 1.807) is 30.3 Å². The summed E-state index contributed by atoms with van der Waals surface area (Å²) in [6, 6.07) is 20.2. The number of rotatable bonds is 3. The van der Waals surface area contributed by atoms with Gasteiger partial charge < -0.3 is 10.8 Å². The van der Waals surface area contributed by atoms with Crippen molar-refractivity contribution in [3.05, 3.63) is 89.7 Å². The van der Waals surface area contributed by atoms with Gasteiger partial charge in [0.15, 0.2) is 17.0 Å². The fourth-order valence-corrected chi connectivity index (χ4v) is 2.65. The lowest BCUT2D eigenvalue weighted by Gasteiger charge is -2.10. The van der Waals surface area contributed by atoms with E-state index < -0.39 is 23.5 Å². The molecule has 0 aliphatic carbocycles. The zero-order valence-electron chi connectivity index (χ0n) is 15.5. The highest BCUT2D eigenvalue weighted by atomic mass is 19.4. The van der Waals surface area contributed by atoms with E-state index in [0.717, 1.165) is 12.1 Å². The van der Waals surface area contributed by atoms with Crippen LogP contribution in [0.15, 0.2) is 72.8 Å². The number of fused-ring (bicyclic) bond motifs is 1. The molecule has 0 fully saturated rings. The van der Waals surface area contributed by atoms with Gasteiger partial charge in [-0.05, 0) is 11.6 Å². The summed E-state index contributed by atoms with van der Waals surface area (Å²) in [7, 11) is 0. The molecular weight excluding hydrogens is 397 g/mol. The van der Waals surface area contributed by atoms with Crippen LogP contribution in [0.3, 0.4) is 0 Å². The fourth-order valence-electron chi connectivity index (χ4n) is 2.65. The van der Waals surface area contributed by atoms with Gasteiger partial charge in [0.25, 0.3) is 0 Å². The third kappa shape index (κ3) is 4.81. The molecule has 0 unspecified atom stereocenters. The summed E-state index contributed by atoms with van der Waals surface area (Å²) in [6.45, 7) is 0.640. The zero-order valence-corrected chi connectivity index (χ0v) is 15.5. The summed E-state index contributed by atoms with van der Waals surface area (Å²) < 4.78 is 40.1. The predicted octanol–water partition coefficient (Wildman–Crippen LogP) is 4.26. The third-order valence-electron chi connectivity index (χ3n) is 4.08. The summed E-state index contributed by atoms with van der Waals surface area (Å²) in [6.07, 6.45) is -4.69. The lowest BCUT2D eigenvalue weighted by molar-refractivity contribution is -0.142. The van der Waals surface area contributed by atoms with E-state index >= 15 is 0 Å². The number of carboxylic acid groups (broad SMARTS) is 1. The molecule has 2 heterocycles. The van der Waals surface area contributed by atoms with Crippen LogP contribution in [-0.2, 0) is 12.7 Å². The first-order valence-electron chi connectivity index (χ1n) is 8.80. The van der Waals surface area contributed by atoms with E-state index in [-0.39, 0.29) is 11.3 Å². The molecule has 2 aromatic heterocycles. The van der Waals surface area contributed by atoms with Crippen molar-refractivity contribution in [1.82, 2.24) is 14.6 Å². The van der Waals surface area contributed by atoms with Gasteiger partial charge in [-0.1, -0.05) is 60.7 Å². The van der Waals surface area contributed by atoms with Gasteiger partial charge in [-0.15, -0.1) is 0 Å². The second-order valence-corrected chi connectivity index (χ2v) is 6.18. The Morgan fingerprint density at radius 3 is 2.10 bits per heavy atom. The standard InChI is InChI=1S/C14H8F3N3O2.C7H9N/c15-14(16,17)11-6-9(8-4-2-1-3-5-8)18-12-7-10(13(21)22)19-20(11)12;8-6-7-4-2-1-3-5-7/h1-7H,(H,21,22);1-5H,6,8H2. The van der Waals surface area contributed by atoms with Gasteiger partial charge in [0.05, 0.1) is 5.69 Å². The van der Waals surface area contributed by atoms with Gasteiger partial charge in [-0.25, -0.2) is 14.3 Å². The maximum absolute atomic E-state index is 13.2. The first kappa shape index (κ1) is 21.0. The van der Waals surface area contributed by atoms with Crippen LogP contribution in [0.25, 0.3) is 16.9 Å². The van der Waals surface area contributed by atoms with E-state index in [0.29, 0.717) is 16.6 Å². The Bertz CT molecular complexity index is 1140. The molecule has 0 aliphatic heterocycles. The average Bonchev–Trinajstić information content (AvgIpc) is 3.18. The molecule has 4 rings (SSSR count). The van der Waals surface area contributed by atoms with Crippen LogP contribution in [0, 0.1) is 0 Å². The number of nitrogens with two attached hydrogens (primary N) is 1. The van der Waals surface area contributed by atoms with Gasteiger partial charge >= 0.3 is 12.1 Å². The highest BCUT2D eigenvalue weighted by Crippen LogP contribution is 2.32. The quantitative estimate of drug-likeness (QED) is 0.523. The molecule has 0 amide bonds. The summed E-state index contributed by atoms with van der Waals surface area (Å²) in [5.74, 6) is -1.42. The number of carbonyl (C=O) groups is 1. The molecule has 0 aliphatic rings. The minimum absolute atomic E-state index is 0.0947. The maximum atomic E-state index is 13.2. The molecule has 9 heteroatoms. The molecule has 0 atom stereocenters. The normalized spacial score (nSPS) is 11.1. The highest BCUT2D eigenvalue weighted by Gasteiger charge is 2.35. The predicted molar refractivity (Wildman–Crippen MR) is 105 cm³/mol. The number of aromatic carboxylic acids is 1. The number of hydrogen-bond donors (Lipinski definition) is 2. The molecule has 4 aromatic rings. The monoisotopic (exact) mass is 414 g/mol. The van der Waals surface area contributed by atoms with Crippen molar-refractivity contribution in [3.8, 4) is 11.3 Å². The molecular formula is C21H17F3N4O2. The van der Waals surface area contributed by atoms with Crippen LogP contribution < -0.4 is 5.73 Å². The largest absolute Gasteiger partial charge is 0.476 e. The van der Waals surface area contributed by atoms with Gasteiger partial charge in [0, 0.05) is 18.2 Å². The molecule has 30 heavy (non-hydrogen) atoms. The van der Waals surface area contributed by atoms with Gasteiger partial charge in [0.1, 0.15) is 0 Å². The average molecular weight is 414 g/mol. The van der Waals surface area contributed by atoms with Gasteiger partial charge in [-0.3, -0.25) is 0 Å². The lowest BCUT2D eigenvalue weighted by atomic mass is 10.1. The zero-order chi connectivity index (χ0) is 21.7. The molecule has 3 N–H and O–H groups in total. The molecule has 0 spiro atoms. The molecule has 0 bridgehead atoms. The minimum Gasteiger partial charge on any atom is -0.476 e. The topological polar surface area (TPSA) is 93.5 Å². The summed E-state index contributed by atoms with van der Waals surface area (Å²) in [4.78, 5) is 15.0. The number of alkyl halides is 3. The highest BCUT2D eigenvalue weighted by molar-refractivity contribution is 5.86. The third-order valence-corrected chi connectivity index (χ3v) is 4.08. The van der Waals surface area contributed by atoms with Crippen LogP contribution in [0.5, 0.6) is 0 Å². The van der Waals surface area contributed by atoms with Crippen LogP contribution in [0.1, 0.15) is 21.7 Å². The Morgan fingerprint density at radius 1 is 1.00 bits per heavy atom. The van der Waals surface area contributed by atoms with Crippen molar-refractivity contribution < 1.29 is 23.1 Å². The SMILES string of the molecule is NCc1ccccc1.O=C(O)c1cc2nc(-c3ccccc3)cc(C(F)(F)F)n2n1. The Balaban J connectivity index is 0.000000269. The van der Waals surface area contributed by atoms with Crippen molar-refractivity contribution in [3.63, 3.8) is 0 Å². The van der Waals surface area contributed by atoms with E-state index in [2.05, 4.69) is 10.1 Å². The summed E-state index contributed by atoms with van der Waals surface area (Å²) in [5, 5.41) is 12.3. The van der Waals surface area contributed by atoms with Crippen molar-refractivity contribution in [2.24, 2.45) is 5.73 Å². The Morgan fingerprint density at radius 2 is 1.60 bits per heavy atom. The van der Waals surface area contributed by atoms with E-state index in [1.807, 2.05) is 30.3 Å². The van der Waals surface area contributed by atoms with E-state index in [4.69, 9.17) is 10.8 Å². The molecule has 6 nitrogen and oxygen atoms in total. The fraction of sp³-hybridized carbons (Fsp3) is 0.0952. The van der Waals surface area contributed by atoms with Crippen LogP contribution >= 0.6 is 0 Å². The van der Waals surface area contributed by atoms with Crippen molar-refractivity contribution in [2.45, 2.75) is 12.7 Å². The number of hydrogen-bond acceptors (Lipinski definition) is 4. The molecule has 0 radical (unpaired) electrons. The molecule has 154 valence electrons. The van der Waals surface area contributed by atoms with Gasteiger partial charge in [-0.2, -0.15) is 18.3 Å². The Kier molecular flexibility index (Phi) is 6.12. The molecule has 2 aromatic carbocycles. The number of nitrogens with zero attached hydrogens (tertiary/aromatic N) is 3. The Labute approximate surface area is 169 Å². The summed E-state index contributed by atoms with van der Waals surface area (Å²) in [5.41, 5.74) is 5.37. The van der Waals surface area contributed by atoms with Crippen LogP contribution in [-0.4, -0.2) is 25.7 Å². The lowest BCUT2D eigenvalue weighted by Crippen LogP contribution is -2.14. The van der Waals surface area contributed by atoms with Crippen LogP contribution in [0.2, 0.25) is 0 Å². The Hall–Kier alpha value is -3.72. The minimum atomic E-state index is -4.69. The molecule has 0 saturated carbocycles. The number of aromatic nitrogens is 3. The second kappa shape index (κ2) is 8.75. The first-order valence-corrected chi connectivity index (χ1v) is 8.80. The van der Waals surface area contributed by atoms with Crippen molar-refractivity contribution in [2.75, 3.05) is 0 Å². The van der Waals surface area contributed by atoms with Crippen LogP contribution in [0.4, 0.5) is 13.2 Å². The number of halogens is 3. The number of benzene rings is 2. The van der Waals surface area contributed by atoms with Crippen molar-refractivity contribution >= 4 is 11.6 Å². The van der Waals surface area contributed by atoms with E-state index in [9.17, 15) is 18.0 Å². The smallest absolute Gasteiger partial charge is 0.433 e. The second-order valence-electron chi connectivity index (χ2n) is 6.18. The van der Waals surface area contributed by atoms with Gasteiger partial charge in [0.2, 0.25) is 0 Å². The van der Waals surface area contributed by atoms with Crippen molar-refractivity contribution in [1.29, 1.82) is 0 Å². The number of carboxylic acids is 1. The maximum Gasteiger partial charge on any atom is 0.433 e. The molecule has 0 saturated heterocycles. The summed E-state index contributed by atoms with van der Waals surface area (Å²) >= 11 is 0.